The molecular weight excluding hydrogens is 388 g/mol. The van der Waals surface area contributed by atoms with E-state index in [2.05, 4.69) is 24.4 Å². The van der Waals surface area contributed by atoms with E-state index in [4.69, 9.17) is 4.74 Å². The Morgan fingerprint density at radius 3 is 2.41 bits per heavy atom. The van der Waals surface area contributed by atoms with Crippen LogP contribution in [0.5, 0.6) is 5.75 Å². The van der Waals surface area contributed by atoms with Crippen molar-refractivity contribution >= 4 is 21.6 Å². The third kappa shape index (κ3) is 4.40. The van der Waals surface area contributed by atoms with Crippen LogP contribution in [0.2, 0.25) is 0 Å². The van der Waals surface area contributed by atoms with Crippen LogP contribution < -0.4 is 14.4 Å². The van der Waals surface area contributed by atoms with Gasteiger partial charge in [-0.2, -0.15) is 0 Å². The average Bonchev–Trinajstić information content (AvgIpc) is 2.62. The van der Waals surface area contributed by atoms with E-state index >= 15 is 0 Å². The molecule has 1 aliphatic heterocycles. The lowest BCUT2D eigenvalue weighted by Crippen LogP contribution is -2.50. The molecule has 0 saturated heterocycles. The van der Waals surface area contributed by atoms with Crippen LogP contribution in [-0.4, -0.2) is 33.2 Å². The number of sulfonamides is 1. The minimum absolute atomic E-state index is 0.0558. The van der Waals surface area contributed by atoms with E-state index in [0.717, 1.165) is 28.5 Å². The van der Waals surface area contributed by atoms with Gasteiger partial charge in [0, 0.05) is 0 Å². The van der Waals surface area contributed by atoms with Crippen molar-refractivity contribution < 1.29 is 17.9 Å². The van der Waals surface area contributed by atoms with Crippen LogP contribution in [0, 0.1) is 27.7 Å². The fourth-order valence-corrected chi connectivity index (χ4v) is 4.55. The average molecular weight is 417 g/mol. The Labute approximate surface area is 172 Å². The first-order valence-corrected chi connectivity index (χ1v) is 11.5. The molecule has 1 N–H and O–H groups in total. The molecule has 1 heterocycles. The number of fused-ring (bicyclic) bond motifs is 1. The summed E-state index contributed by atoms with van der Waals surface area (Å²) >= 11 is 0. The summed E-state index contributed by atoms with van der Waals surface area (Å²) in [6, 6.07) is 9.26. The van der Waals surface area contributed by atoms with Gasteiger partial charge in [0.1, 0.15) is 5.75 Å². The Hall–Kier alpha value is -2.54. The number of nitrogens with one attached hydrogen (secondary N) is 1. The molecule has 3 rings (SSSR count). The van der Waals surface area contributed by atoms with Gasteiger partial charge in [-0.3, -0.25) is 9.10 Å². The summed E-state index contributed by atoms with van der Waals surface area (Å²) in [7, 11) is -3.55. The lowest BCUT2D eigenvalue weighted by molar-refractivity contribution is -0.128. The topological polar surface area (TPSA) is 75.7 Å². The van der Waals surface area contributed by atoms with Crippen LogP contribution in [0.4, 0.5) is 5.69 Å². The normalized spacial score (nSPS) is 17.3. The van der Waals surface area contributed by atoms with Gasteiger partial charge in [-0.1, -0.05) is 18.2 Å². The molecule has 0 aliphatic carbocycles. The molecule has 2 atom stereocenters. The Kier molecular flexibility index (Phi) is 5.63. The molecule has 29 heavy (non-hydrogen) atoms. The van der Waals surface area contributed by atoms with Crippen LogP contribution >= 0.6 is 0 Å². The first kappa shape index (κ1) is 21.2. The second-order valence-corrected chi connectivity index (χ2v) is 9.80. The minimum atomic E-state index is -3.55. The van der Waals surface area contributed by atoms with Crippen molar-refractivity contribution in [3.05, 3.63) is 58.1 Å². The largest absolute Gasteiger partial charge is 0.476 e. The summed E-state index contributed by atoms with van der Waals surface area (Å²) < 4.78 is 31.8. The zero-order valence-corrected chi connectivity index (χ0v) is 18.6. The van der Waals surface area contributed by atoms with E-state index in [1.807, 2.05) is 33.8 Å². The molecule has 0 aromatic heterocycles. The van der Waals surface area contributed by atoms with Crippen LogP contribution in [0.1, 0.15) is 40.8 Å². The summed E-state index contributed by atoms with van der Waals surface area (Å²) in [4.78, 5) is 12.9. The van der Waals surface area contributed by atoms with Crippen molar-refractivity contribution in [3.8, 4) is 5.75 Å². The highest BCUT2D eigenvalue weighted by atomic mass is 32.2. The van der Waals surface area contributed by atoms with Crippen LogP contribution in [0.15, 0.2) is 30.3 Å². The quantitative estimate of drug-likeness (QED) is 0.830. The maximum atomic E-state index is 12.9. The number of nitrogens with zero attached hydrogens (tertiary/aromatic N) is 1. The molecule has 1 aliphatic rings. The molecule has 0 fully saturated rings. The summed E-state index contributed by atoms with van der Waals surface area (Å²) in [6.07, 6.45) is 0.217. The van der Waals surface area contributed by atoms with E-state index in [9.17, 15) is 13.2 Å². The number of ether oxygens (including phenoxy) is 1. The number of hydrogen-bond donors (Lipinski definition) is 1. The first-order chi connectivity index (χ1) is 13.5. The van der Waals surface area contributed by atoms with E-state index in [-0.39, 0.29) is 18.5 Å². The van der Waals surface area contributed by atoms with E-state index in [1.54, 1.807) is 12.1 Å². The number of carbonyl (C=O) groups excluding carboxylic acids is 1. The van der Waals surface area contributed by atoms with Gasteiger partial charge in [0.05, 0.1) is 24.5 Å². The fourth-order valence-electron chi connectivity index (χ4n) is 3.65. The number of rotatable bonds is 4. The molecule has 156 valence electrons. The second-order valence-electron chi connectivity index (χ2n) is 7.90. The molecule has 2 aromatic carbocycles. The van der Waals surface area contributed by atoms with Crippen molar-refractivity contribution in [2.24, 2.45) is 0 Å². The molecule has 2 aromatic rings. The standard InChI is InChI=1S/C22H28N2O4S/c1-13-7-8-20-19(9-13)24(29(6,26)27)12-21(28-20)22(25)23-17(5)18-11-15(3)14(2)10-16(18)4/h7-11,17,21H,12H2,1-6H3,(H,23,25)/t17-,21-/m1/s1. The number of anilines is 1. The van der Waals surface area contributed by atoms with Gasteiger partial charge in [-0.15, -0.1) is 0 Å². The minimum Gasteiger partial charge on any atom is -0.476 e. The second kappa shape index (κ2) is 7.71. The smallest absolute Gasteiger partial charge is 0.263 e. The van der Waals surface area contributed by atoms with Crippen molar-refractivity contribution in [2.45, 2.75) is 46.8 Å². The zero-order valence-electron chi connectivity index (χ0n) is 17.7. The highest BCUT2D eigenvalue weighted by Crippen LogP contribution is 2.36. The first-order valence-electron chi connectivity index (χ1n) is 9.60. The number of aryl methyl sites for hydroxylation is 4. The van der Waals surface area contributed by atoms with Crippen molar-refractivity contribution in [3.63, 3.8) is 0 Å². The lowest BCUT2D eigenvalue weighted by Gasteiger charge is -2.34. The molecule has 6 nitrogen and oxygen atoms in total. The van der Waals surface area contributed by atoms with Gasteiger partial charge in [-0.25, -0.2) is 8.42 Å². The number of amides is 1. The highest BCUT2D eigenvalue weighted by molar-refractivity contribution is 7.92. The van der Waals surface area contributed by atoms with Crippen LogP contribution in [0.25, 0.3) is 0 Å². The monoisotopic (exact) mass is 416 g/mol. The van der Waals surface area contributed by atoms with E-state index in [0.29, 0.717) is 11.4 Å². The third-order valence-corrected chi connectivity index (χ3v) is 6.53. The predicted octanol–water partition coefficient (Wildman–Crippen LogP) is 3.32. The maximum Gasteiger partial charge on any atom is 0.263 e. The van der Waals surface area contributed by atoms with Crippen molar-refractivity contribution in [2.75, 3.05) is 17.1 Å². The van der Waals surface area contributed by atoms with Gasteiger partial charge in [0.15, 0.2) is 6.10 Å². The summed E-state index contributed by atoms with van der Waals surface area (Å²) in [5, 5.41) is 2.98. The van der Waals surface area contributed by atoms with Crippen LogP contribution in [0.3, 0.4) is 0 Å². The molecule has 1 amide bonds. The third-order valence-electron chi connectivity index (χ3n) is 5.38. The highest BCUT2D eigenvalue weighted by Gasteiger charge is 2.35. The number of benzene rings is 2. The fraction of sp³-hybridized carbons (Fsp3) is 0.409. The van der Waals surface area contributed by atoms with E-state index in [1.165, 1.54) is 9.87 Å². The van der Waals surface area contributed by atoms with Crippen LogP contribution in [-0.2, 0) is 14.8 Å². The lowest BCUT2D eigenvalue weighted by atomic mass is 9.96. The summed E-state index contributed by atoms with van der Waals surface area (Å²) in [5.41, 5.74) is 5.89. The maximum absolute atomic E-state index is 12.9. The number of carbonyl (C=O) groups is 1. The van der Waals surface area contributed by atoms with Crippen molar-refractivity contribution in [1.29, 1.82) is 0 Å². The van der Waals surface area contributed by atoms with Gasteiger partial charge >= 0.3 is 0 Å². The SMILES string of the molecule is Cc1ccc2c(c1)N(S(C)(=O)=O)C[C@H](C(=O)N[C@H](C)c1cc(C)c(C)cc1C)O2. The zero-order chi connectivity index (χ0) is 21.5. The molecule has 0 radical (unpaired) electrons. The Bertz CT molecular complexity index is 1060. The van der Waals surface area contributed by atoms with Gasteiger partial charge < -0.3 is 10.1 Å². The molecule has 0 unspecified atom stereocenters. The molecule has 0 bridgehead atoms. The summed E-state index contributed by atoms with van der Waals surface area (Å²) in [6.45, 7) is 9.87. The van der Waals surface area contributed by atoms with Gasteiger partial charge in [0.2, 0.25) is 10.0 Å². The molecule has 0 saturated carbocycles. The van der Waals surface area contributed by atoms with Gasteiger partial charge in [-0.05, 0) is 74.6 Å². The summed E-state index contributed by atoms with van der Waals surface area (Å²) in [5.74, 6) is 0.0532. The Morgan fingerprint density at radius 2 is 1.76 bits per heavy atom. The molecule has 0 spiro atoms. The molecular formula is C22H28N2O4S. The predicted molar refractivity (Wildman–Crippen MR) is 115 cm³/mol. The van der Waals surface area contributed by atoms with Crippen molar-refractivity contribution in [1.82, 2.24) is 5.32 Å². The van der Waals surface area contributed by atoms with Gasteiger partial charge in [0.25, 0.3) is 5.91 Å². The Morgan fingerprint density at radius 1 is 1.10 bits per heavy atom. The van der Waals surface area contributed by atoms with E-state index < -0.39 is 16.1 Å². The number of hydrogen-bond acceptors (Lipinski definition) is 4. The molecule has 7 heteroatoms. The Balaban J connectivity index is 1.85.